The lowest BCUT2D eigenvalue weighted by Crippen LogP contribution is -2.48. The van der Waals surface area contributed by atoms with E-state index < -0.39 is 0 Å². The Hall–Kier alpha value is -1.79. The lowest BCUT2D eigenvalue weighted by Gasteiger charge is -2.40. The van der Waals surface area contributed by atoms with E-state index in [9.17, 15) is 0 Å². The molecule has 1 saturated heterocycles. The van der Waals surface area contributed by atoms with Gasteiger partial charge in [0.25, 0.3) is 0 Å². The molecule has 6 heteroatoms. The third-order valence-corrected chi connectivity index (χ3v) is 5.22. The molecule has 3 rings (SSSR count). The lowest BCUT2D eigenvalue weighted by atomic mass is 9.99. The predicted molar refractivity (Wildman–Crippen MR) is 108 cm³/mol. The minimum absolute atomic E-state index is 0.108. The molecule has 1 aromatic carbocycles. The number of piperazine rings is 1. The van der Waals surface area contributed by atoms with Gasteiger partial charge in [-0.15, -0.1) is 5.10 Å². The van der Waals surface area contributed by atoms with E-state index in [1.165, 1.54) is 5.56 Å². The largest absolute Gasteiger partial charge is 0.297 e. The van der Waals surface area contributed by atoms with Crippen LogP contribution in [0.5, 0.6) is 0 Å². The number of tetrazole rings is 1. The van der Waals surface area contributed by atoms with Crippen LogP contribution in [-0.2, 0) is 12.1 Å². The van der Waals surface area contributed by atoms with Crippen molar-refractivity contribution in [1.82, 2.24) is 30.0 Å². The van der Waals surface area contributed by atoms with E-state index >= 15 is 0 Å². The van der Waals surface area contributed by atoms with Crippen LogP contribution in [0.25, 0.3) is 0 Å². The van der Waals surface area contributed by atoms with E-state index in [0.717, 1.165) is 45.0 Å². The average Bonchev–Trinajstić information content (AvgIpc) is 3.11. The maximum atomic E-state index is 4.44. The van der Waals surface area contributed by atoms with Crippen molar-refractivity contribution in [1.29, 1.82) is 0 Å². The third-order valence-electron chi connectivity index (χ3n) is 5.22. The maximum absolute atomic E-state index is 4.44. The minimum atomic E-state index is -0.108. The van der Waals surface area contributed by atoms with Gasteiger partial charge in [0, 0.05) is 32.7 Å². The van der Waals surface area contributed by atoms with Gasteiger partial charge in [-0.25, -0.2) is 4.68 Å². The summed E-state index contributed by atoms with van der Waals surface area (Å²) in [7, 11) is 0. The monoisotopic (exact) mass is 370 g/mol. The number of nitrogens with zero attached hydrogens (tertiary/aromatic N) is 6. The highest BCUT2D eigenvalue weighted by atomic mass is 15.6. The molecule has 2 heterocycles. The Morgan fingerprint density at radius 1 is 1.00 bits per heavy atom. The summed E-state index contributed by atoms with van der Waals surface area (Å²) in [5, 5.41) is 12.8. The van der Waals surface area contributed by atoms with Crippen LogP contribution in [-0.4, -0.2) is 56.2 Å². The van der Waals surface area contributed by atoms with Gasteiger partial charge in [-0.3, -0.25) is 9.80 Å². The van der Waals surface area contributed by atoms with Crippen molar-refractivity contribution in [2.24, 2.45) is 5.92 Å². The summed E-state index contributed by atoms with van der Waals surface area (Å²) < 4.78 is 2.01. The lowest BCUT2D eigenvalue weighted by molar-refractivity contribution is 0.0744. The van der Waals surface area contributed by atoms with Crippen molar-refractivity contribution in [2.45, 2.75) is 59.2 Å². The molecular weight excluding hydrogens is 336 g/mol. The highest BCUT2D eigenvalue weighted by Gasteiger charge is 2.32. The molecule has 1 aliphatic rings. The number of hydrogen-bond acceptors (Lipinski definition) is 5. The van der Waals surface area contributed by atoms with Crippen LogP contribution in [0.4, 0.5) is 0 Å². The molecular formula is C21H34N6. The SMILES string of the molecule is CC(C)C[C@@H](c1nnnn1C(C)(C)C)N1CCN(Cc2ccccc2)CC1. The van der Waals surface area contributed by atoms with E-state index in [1.807, 2.05) is 4.68 Å². The predicted octanol–water partition coefficient (Wildman–Crippen LogP) is 3.33. The smallest absolute Gasteiger partial charge is 0.168 e. The van der Waals surface area contributed by atoms with E-state index in [-0.39, 0.29) is 11.6 Å². The number of rotatable bonds is 6. The van der Waals surface area contributed by atoms with Crippen molar-refractivity contribution in [3.05, 3.63) is 41.7 Å². The van der Waals surface area contributed by atoms with Crippen LogP contribution < -0.4 is 0 Å². The third kappa shape index (κ3) is 5.14. The first kappa shape index (κ1) is 20.0. The number of benzene rings is 1. The van der Waals surface area contributed by atoms with E-state index in [1.54, 1.807) is 0 Å². The van der Waals surface area contributed by atoms with Crippen LogP contribution >= 0.6 is 0 Å². The van der Waals surface area contributed by atoms with Crippen LogP contribution in [0.2, 0.25) is 0 Å². The van der Waals surface area contributed by atoms with Crippen LogP contribution in [0.15, 0.2) is 30.3 Å². The topological polar surface area (TPSA) is 50.1 Å². The standard InChI is InChI=1S/C21H34N6/c1-17(2)15-19(20-22-23-24-27(20)21(3,4)5)26-13-11-25(12-14-26)16-18-9-7-6-8-10-18/h6-10,17,19H,11-16H2,1-5H3/t19-/m0/s1. The Morgan fingerprint density at radius 2 is 1.67 bits per heavy atom. The van der Waals surface area contributed by atoms with Crippen LogP contribution in [0.1, 0.15) is 58.5 Å². The molecule has 0 unspecified atom stereocenters. The fraction of sp³-hybridized carbons (Fsp3) is 0.667. The van der Waals surface area contributed by atoms with Crippen LogP contribution in [0, 0.1) is 5.92 Å². The Balaban J connectivity index is 1.70. The van der Waals surface area contributed by atoms with Crippen molar-refractivity contribution < 1.29 is 0 Å². The second-order valence-electron chi connectivity index (χ2n) is 9.06. The minimum Gasteiger partial charge on any atom is -0.297 e. The molecule has 0 bridgehead atoms. The first-order valence-electron chi connectivity index (χ1n) is 10.1. The zero-order valence-electron chi connectivity index (χ0n) is 17.5. The molecule has 2 aromatic rings. The van der Waals surface area contributed by atoms with Crippen molar-refractivity contribution in [2.75, 3.05) is 26.2 Å². The Labute approximate surface area is 163 Å². The summed E-state index contributed by atoms with van der Waals surface area (Å²) in [6, 6.07) is 11.0. The molecule has 0 N–H and O–H groups in total. The fourth-order valence-electron chi connectivity index (χ4n) is 3.82. The zero-order chi connectivity index (χ0) is 19.4. The molecule has 0 radical (unpaired) electrons. The molecule has 1 aromatic heterocycles. The van der Waals surface area contributed by atoms with Gasteiger partial charge < -0.3 is 0 Å². The van der Waals surface area contributed by atoms with E-state index in [2.05, 4.69) is 90.3 Å². The number of aromatic nitrogens is 4. The summed E-state index contributed by atoms with van der Waals surface area (Å²) in [5.74, 6) is 1.61. The highest BCUT2D eigenvalue weighted by molar-refractivity contribution is 5.14. The molecule has 0 amide bonds. The van der Waals surface area contributed by atoms with Gasteiger partial charge in [-0.1, -0.05) is 44.2 Å². The first-order valence-corrected chi connectivity index (χ1v) is 10.1. The summed E-state index contributed by atoms with van der Waals surface area (Å²) in [5.41, 5.74) is 1.28. The van der Waals surface area contributed by atoms with Gasteiger partial charge in [0.15, 0.2) is 5.82 Å². The molecule has 6 nitrogen and oxygen atoms in total. The summed E-state index contributed by atoms with van der Waals surface area (Å²) >= 11 is 0. The Kier molecular flexibility index (Phi) is 6.27. The zero-order valence-corrected chi connectivity index (χ0v) is 17.5. The van der Waals surface area contributed by atoms with Gasteiger partial charge >= 0.3 is 0 Å². The van der Waals surface area contributed by atoms with Gasteiger partial charge in [-0.2, -0.15) is 0 Å². The molecule has 0 aliphatic carbocycles. The van der Waals surface area contributed by atoms with Gasteiger partial charge in [0.2, 0.25) is 0 Å². The molecule has 1 atom stereocenters. The molecule has 1 fully saturated rings. The van der Waals surface area contributed by atoms with Crippen LogP contribution in [0.3, 0.4) is 0 Å². The molecule has 27 heavy (non-hydrogen) atoms. The molecule has 148 valence electrons. The Morgan fingerprint density at radius 3 is 2.26 bits per heavy atom. The summed E-state index contributed by atoms with van der Waals surface area (Å²) in [4.78, 5) is 5.13. The highest BCUT2D eigenvalue weighted by Crippen LogP contribution is 2.29. The first-order chi connectivity index (χ1) is 12.8. The van der Waals surface area contributed by atoms with E-state index in [4.69, 9.17) is 0 Å². The second kappa shape index (κ2) is 8.48. The van der Waals surface area contributed by atoms with Crippen molar-refractivity contribution >= 4 is 0 Å². The van der Waals surface area contributed by atoms with Crippen molar-refractivity contribution in [3.8, 4) is 0 Å². The van der Waals surface area contributed by atoms with Gasteiger partial charge in [0.1, 0.15) is 0 Å². The summed E-state index contributed by atoms with van der Waals surface area (Å²) in [6.07, 6.45) is 1.08. The molecule has 1 aliphatic heterocycles. The second-order valence-corrected chi connectivity index (χ2v) is 9.06. The van der Waals surface area contributed by atoms with E-state index in [0.29, 0.717) is 5.92 Å². The fourth-order valence-corrected chi connectivity index (χ4v) is 3.82. The molecule has 0 spiro atoms. The normalized spacial score (nSPS) is 18.1. The Bertz CT molecular complexity index is 695. The quantitative estimate of drug-likeness (QED) is 0.781. The van der Waals surface area contributed by atoms with Gasteiger partial charge in [-0.05, 0) is 49.1 Å². The maximum Gasteiger partial charge on any atom is 0.168 e. The molecule has 0 saturated carbocycles. The van der Waals surface area contributed by atoms with Gasteiger partial charge in [0.05, 0.1) is 11.6 Å². The number of hydrogen-bond donors (Lipinski definition) is 0. The summed E-state index contributed by atoms with van der Waals surface area (Å²) in [6.45, 7) is 16.4. The average molecular weight is 371 g/mol. The van der Waals surface area contributed by atoms with Crippen molar-refractivity contribution in [3.63, 3.8) is 0 Å².